The molecule has 0 saturated carbocycles. The summed E-state index contributed by atoms with van der Waals surface area (Å²) >= 11 is 0. The Bertz CT molecular complexity index is 431. The van der Waals surface area contributed by atoms with Crippen LogP contribution in [0.4, 0.5) is 19.0 Å². The van der Waals surface area contributed by atoms with Crippen LogP contribution in [0.15, 0.2) is 18.3 Å². The maximum Gasteiger partial charge on any atom is 0.419 e. The molecule has 1 fully saturated rings. The summed E-state index contributed by atoms with van der Waals surface area (Å²) in [5.41, 5.74) is 5.20. The molecule has 6 heteroatoms. The van der Waals surface area contributed by atoms with Gasteiger partial charge in [-0.2, -0.15) is 13.2 Å². The first kappa shape index (κ1) is 14.1. The third-order valence-corrected chi connectivity index (χ3v) is 3.59. The maximum atomic E-state index is 13.0. The molecule has 1 saturated heterocycles. The van der Waals surface area contributed by atoms with Crippen LogP contribution in [0.5, 0.6) is 0 Å². The Morgan fingerprint density at radius 1 is 1.47 bits per heavy atom. The van der Waals surface area contributed by atoms with Crippen LogP contribution >= 0.6 is 0 Å². The fourth-order valence-corrected chi connectivity index (χ4v) is 2.50. The minimum absolute atomic E-state index is 0.0131. The average molecular weight is 273 g/mol. The van der Waals surface area contributed by atoms with Crippen LogP contribution in [0, 0.1) is 5.92 Å². The molecule has 2 unspecified atom stereocenters. The number of aromatic nitrogens is 1. The summed E-state index contributed by atoms with van der Waals surface area (Å²) in [6.45, 7) is 3.04. The zero-order valence-corrected chi connectivity index (χ0v) is 10.8. The second kappa shape index (κ2) is 5.36. The summed E-state index contributed by atoms with van der Waals surface area (Å²) in [4.78, 5) is 5.64. The minimum atomic E-state index is -4.37. The van der Waals surface area contributed by atoms with E-state index >= 15 is 0 Å². The Morgan fingerprint density at radius 3 is 2.84 bits per heavy atom. The molecule has 0 aromatic carbocycles. The fourth-order valence-electron chi connectivity index (χ4n) is 2.50. The second-order valence-corrected chi connectivity index (χ2v) is 5.08. The number of anilines is 1. The van der Waals surface area contributed by atoms with Gasteiger partial charge in [0, 0.05) is 25.3 Å². The molecule has 3 nitrogen and oxygen atoms in total. The number of rotatable bonds is 2. The molecule has 0 aliphatic carbocycles. The van der Waals surface area contributed by atoms with Crippen molar-refractivity contribution in [1.82, 2.24) is 4.98 Å². The summed E-state index contributed by atoms with van der Waals surface area (Å²) < 4.78 is 38.9. The molecule has 106 valence electrons. The van der Waals surface area contributed by atoms with Gasteiger partial charge in [-0.1, -0.05) is 0 Å². The fraction of sp³-hybridized carbons (Fsp3) is 0.615. The van der Waals surface area contributed by atoms with Crippen LogP contribution in [0.1, 0.15) is 25.3 Å². The molecule has 2 atom stereocenters. The molecular formula is C13H18F3N3. The Kier molecular flexibility index (Phi) is 3.99. The Labute approximate surface area is 110 Å². The molecule has 0 amide bonds. The highest BCUT2D eigenvalue weighted by molar-refractivity contribution is 5.48. The molecule has 0 radical (unpaired) electrons. The molecule has 1 aromatic heterocycles. The van der Waals surface area contributed by atoms with Crippen LogP contribution in [-0.2, 0) is 6.18 Å². The van der Waals surface area contributed by atoms with Gasteiger partial charge in [0.1, 0.15) is 5.82 Å². The lowest BCUT2D eigenvalue weighted by Crippen LogP contribution is -2.43. The van der Waals surface area contributed by atoms with Crippen molar-refractivity contribution in [2.75, 3.05) is 18.0 Å². The number of halogens is 3. The van der Waals surface area contributed by atoms with Crippen LogP contribution < -0.4 is 10.6 Å². The monoisotopic (exact) mass is 273 g/mol. The van der Waals surface area contributed by atoms with Gasteiger partial charge < -0.3 is 10.6 Å². The zero-order chi connectivity index (χ0) is 14.0. The SMILES string of the molecule is CC(N)C1CCCN(c2ncccc2C(F)(F)F)C1. The number of hydrogen-bond donors (Lipinski definition) is 1. The van der Waals surface area contributed by atoms with Crippen molar-refractivity contribution < 1.29 is 13.2 Å². The number of pyridine rings is 1. The quantitative estimate of drug-likeness (QED) is 0.900. The van der Waals surface area contributed by atoms with Gasteiger partial charge >= 0.3 is 6.18 Å². The lowest BCUT2D eigenvalue weighted by atomic mass is 9.92. The molecule has 0 bridgehead atoms. The Balaban J connectivity index is 2.27. The van der Waals surface area contributed by atoms with Crippen LogP contribution in [0.2, 0.25) is 0 Å². The Morgan fingerprint density at radius 2 is 2.21 bits per heavy atom. The maximum absolute atomic E-state index is 13.0. The first-order chi connectivity index (χ1) is 8.89. The van der Waals surface area contributed by atoms with E-state index in [-0.39, 0.29) is 17.8 Å². The third kappa shape index (κ3) is 3.18. The molecular weight excluding hydrogens is 255 g/mol. The average Bonchev–Trinajstić information content (AvgIpc) is 2.38. The van der Waals surface area contributed by atoms with Crippen molar-refractivity contribution in [1.29, 1.82) is 0 Å². The van der Waals surface area contributed by atoms with E-state index in [1.165, 1.54) is 12.3 Å². The largest absolute Gasteiger partial charge is 0.419 e. The van der Waals surface area contributed by atoms with E-state index in [1.54, 1.807) is 4.90 Å². The molecule has 1 aliphatic rings. The van der Waals surface area contributed by atoms with Gasteiger partial charge in [-0.05, 0) is 37.8 Å². The van der Waals surface area contributed by atoms with E-state index in [4.69, 9.17) is 5.73 Å². The number of alkyl halides is 3. The summed E-state index contributed by atoms with van der Waals surface area (Å²) in [5, 5.41) is 0. The normalized spacial score (nSPS) is 22.4. The minimum Gasteiger partial charge on any atom is -0.356 e. The lowest BCUT2D eigenvalue weighted by molar-refractivity contribution is -0.137. The number of piperidine rings is 1. The smallest absolute Gasteiger partial charge is 0.356 e. The van der Waals surface area contributed by atoms with Crippen LogP contribution in [0.25, 0.3) is 0 Å². The van der Waals surface area contributed by atoms with Gasteiger partial charge in [0.05, 0.1) is 5.56 Å². The highest BCUT2D eigenvalue weighted by Crippen LogP contribution is 2.36. The van der Waals surface area contributed by atoms with E-state index in [1.807, 2.05) is 6.92 Å². The summed E-state index contributed by atoms with van der Waals surface area (Å²) in [6.07, 6.45) is -1.16. The number of hydrogen-bond acceptors (Lipinski definition) is 3. The third-order valence-electron chi connectivity index (χ3n) is 3.59. The standard InChI is InChI=1S/C13H18F3N3/c1-9(17)10-4-3-7-19(8-10)12-11(13(14,15)16)5-2-6-18-12/h2,5-6,9-10H,3-4,7-8,17H2,1H3. The van der Waals surface area contributed by atoms with Gasteiger partial charge in [0.25, 0.3) is 0 Å². The molecule has 1 aliphatic heterocycles. The highest BCUT2D eigenvalue weighted by Gasteiger charge is 2.36. The molecule has 1 aromatic rings. The van der Waals surface area contributed by atoms with E-state index < -0.39 is 11.7 Å². The lowest BCUT2D eigenvalue weighted by Gasteiger charge is -2.36. The van der Waals surface area contributed by atoms with Gasteiger partial charge in [-0.15, -0.1) is 0 Å². The summed E-state index contributed by atoms with van der Waals surface area (Å²) in [6, 6.07) is 2.39. The van der Waals surface area contributed by atoms with Gasteiger partial charge in [0.15, 0.2) is 0 Å². The van der Waals surface area contributed by atoms with Gasteiger partial charge in [-0.25, -0.2) is 4.98 Å². The van der Waals surface area contributed by atoms with E-state index in [0.717, 1.165) is 18.9 Å². The van der Waals surface area contributed by atoms with Gasteiger partial charge in [-0.3, -0.25) is 0 Å². The second-order valence-electron chi connectivity index (χ2n) is 5.08. The van der Waals surface area contributed by atoms with Crippen molar-refractivity contribution in [3.63, 3.8) is 0 Å². The topological polar surface area (TPSA) is 42.1 Å². The van der Waals surface area contributed by atoms with Crippen molar-refractivity contribution in [3.8, 4) is 0 Å². The summed E-state index contributed by atoms with van der Waals surface area (Å²) in [7, 11) is 0. The van der Waals surface area contributed by atoms with Crippen molar-refractivity contribution in [3.05, 3.63) is 23.9 Å². The molecule has 2 rings (SSSR count). The molecule has 0 spiro atoms. The van der Waals surface area contributed by atoms with Crippen LogP contribution in [-0.4, -0.2) is 24.1 Å². The zero-order valence-electron chi connectivity index (χ0n) is 10.8. The molecule has 2 N–H and O–H groups in total. The van der Waals surface area contributed by atoms with Crippen molar-refractivity contribution in [2.24, 2.45) is 11.7 Å². The van der Waals surface area contributed by atoms with E-state index in [2.05, 4.69) is 4.98 Å². The summed E-state index contributed by atoms with van der Waals surface area (Å²) in [5.74, 6) is 0.247. The van der Waals surface area contributed by atoms with Crippen molar-refractivity contribution >= 4 is 5.82 Å². The van der Waals surface area contributed by atoms with Gasteiger partial charge in [0.2, 0.25) is 0 Å². The number of nitrogens with two attached hydrogens (primary N) is 1. The Hall–Kier alpha value is -1.30. The predicted octanol–water partition coefficient (Wildman–Crippen LogP) is 2.66. The molecule has 19 heavy (non-hydrogen) atoms. The van der Waals surface area contributed by atoms with E-state index in [0.29, 0.717) is 13.1 Å². The van der Waals surface area contributed by atoms with Crippen molar-refractivity contribution in [2.45, 2.75) is 32.0 Å². The van der Waals surface area contributed by atoms with Crippen LogP contribution in [0.3, 0.4) is 0 Å². The first-order valence-electron chi connectivity index (χ1n) is 6.42. The predicted molar refractivity (Wildman–Crippen MR) is 67.8 cm³/mol. The highest BCUT2D eigenvalue weighted by atomic mass is 19.4. The van der Waals surface area contributed by atoms with E-state index in [9.17, 15) is 13.2 Å². The number of nitrogens with zero attached hydrogens (tertiary/aromatic N) is 2. The first-order valence-corrected chi connectivity index (χ1v) is 6.42. The molecule has 2 heterocycles.